The monoisotopic (exact) mass is 400 g/mol. The number of aryl methyl sites for hydroxylation is 2. The quantitative estimate of drug-likeness (QED) is 0.810. The van der Waals surface area contributed by atoms with Crippen molar-refractivity contribution in [3.05, 3.63) is 65.2 Å². The van der Waals surface area contributed by atoms with Crippen LogP contribution in [-0.2, 0) is 34.1 Å². The van der Waals surface area contributed by atoms with Crippen LogP contribution in [0, 0.1) is 0 Å². The molecule has 2 aromatic carbocycles. The predicted octanol–water partition coefficient (Wildman–Crippen LogP) is 2.74. The van der Waals surface area contributed by atoms with Crippen LogP contribution < -0.4 is 4.72 Å². The fourth-order valence-electron chi connectivity index (χ4n) is 4.05. The molecule has 0 aromatic heterocycles. The van der Waals surface area contributed by atoms with Gasteiger partial charge in [-0.05, 0) is 54.5 Å². The summed E-state index contributed by atoms with van der Waals surface area (Å²) in [5, 5.41) is 0. The lowest BCUT2D eigenvalue weighted by molar-refractivity contribution is -0.0276. The molecular weight excluding hydrogens is 372 g/mol. The van der Waals surface area contributed by atoms with Crippen molar-refractivity contribution in [2.75, 3.05) is 26.2 Å². The van der Waals surface area contributed by atoms with Crippen LogP contribution in [0.5, 0.6) is 0 Å². The van der Waals surface area contributed by atoms with Gasteiger partial charge in [0.15, 0.2) is 0 Å². The first-order valence-electron chi connectivity index (χ1n) is 10.1. The molecule has 0 bridgehead atoms. The Morgan fingerprint density at radius 1 is 1.04 bits per heavy atom. The lowest BCUT2D eigenvalue weighted by Crippen LogP contribution is -2.47. The molecule has 1 N–H and O–H groups in total. The number of benzene rings is 2. The molecule has 4 rings (SSSR count). The second kappa shape index (κ2) is 8.74. The number of morpholine rings is 1. The summed E-state index contributed by atoms with van der Waals surface area (Å²) in [5.41, 5.74) is 3.73. The number of sulfonamides is 1. The van der Waals surface area contributed by atoms with E-state index in [-0.39, 0.29) is 6.10 Å². The highest BCUT2D eigenvalue weighted by Crippen LogP contribution is 2.24. The SMILES string of the molecule is O=S(=O)(NCC1CN(Cc2ccccc2)CCO1)c1ccc2c(c1)CCCC2. The van der Waals surface area contributed by atoms with E-state index >= 15 is 0 Å². The van der Waals surface area contributed by atoms with E-state index in [2.05, 4.69) is 21.8 Å². The molecule has 5 nitrogen and oxygen atoms in total. The van der Waals surface area contributed by atoms with Crippen LogP contribution in [0.25, 0.3) is 0 Å². The van der Waals surface area contributed by atoms with Crippen molar-refractivity contribution in [3.63, 3.8) is 0 Å². The Hall–Kier alpha value is -1.73. The van der Waals surface area contributed by atoms with Crippen LogP contribution in [0.1, 0.15) is 29.5 Å². The molecule has 6 heteroatoms. The van der Waals surface area contributed by atoms with E-state index in [1.54, 1.807) is 6.07 Å². The van der Waals surface area contributed by atoms with E-state index in [4.69, 9.17) is 4.74 Å². The average molecular weight is 401 g/mol. The van der Waals surface area contributed by atoms with Gasteiger partial charge in [-0.2, -0.15) is 0 Å². The van der Waals surface area contributed by atoms with Gasteiger partial charge in [-0.3, -0.25) is 4.90 Å². The lowest BCUT2D eigenvalue weighted by Gasteiger charge is -2.33. The van der Waals surface area contributed by atoms with Gasteiger partial charge in [-0.1, -0.05) is 36.4 Å². The Bertz CT molecular complexity index is 899. The summed E-state index contributed by atoms with van der Waals surface area (Å²) in [6.07, 6.45) is 4.21. The molecule has 1 aliphatic heterocycles. The van der Waals surface area contributed by atoms with Gasteiger partial charge in [0.1, 0.15) is 0 Å². The van der Waals surface area contributed by atoms with Crippen LogP contribution in [0.4, 0.5) is 0 Å². The largest absolute Gasteiger partial charge is 0.374 e. The number of rotatable bonds is 6. The highest BCUT2D eigenvalue weighted by Gasteiger charge is 2.24. The zero-order valence-electron chi connectivity index (χ0n) is 16.1. The molecule has 1 aliphatic carbocycles. The Labute approximate surface area is 167 Å². The smallest absolute Gasteiger partial charge is 0.240 e. The molecular formula is C22H28N2O3S. The normalized spacial score (nSPS) is 20.6. The molecule has 0 amide bonds. The minimum Gasteiger partial charge on any atom is -0.374 e. The van der Waals surface area contributed by atoms with Crippen molar-refractivity contribution in [1.82, 2.24) is 9.62 Å². The number of hydrogen-bond acceptors (Lipinski definition) is 4. The van der Waals surface area contributed by atoms with E-state index < -0.39 is 10.0 Å². The topological polar surface area (TPSA) is 58.6 Å². The Kier molecular flexibility index (Phi) is 6.11. The molecule has 1 unspecified atom stereocenters. The van der Waals surface area contributed by atoms with Gasteiger partial charge in [0.05, 0.1) is 17.6 Å². The molecule has 2 aliphatic rings. The third-order valence-corrected chi connectivity index (χ3v) is 7.02. The summed E-state index contributed by atoms with van der Waals surface area (Å²) in [6, 6.07) is 15.9. The highest BCUT2D eigenvalue weighted by molar-refractivity contribution is 7.89. The van der Waals surface area contributed by atoms with E-state index in [0.717, 1.165) is 38.9 Å². The van der Waals surface area contributed by atoms with Crippen molar-refractivity contribution in [3.8, 4) is 0 Å². The molecule has 0 saturated carbocycles. The van der Waals surface area contributed by atoms with Crippen molar-refractivity contribution < 1.29 is 13.2 Å². The zero-order valence-corrected chi connectivity index (χ0v) is 17.0. The van der Waals surface area contributed by atoms with Crippen LogP contribution >= 0.6 is 0 Å². The highest BCUT2D eigenvalue weighted by atomic mass is 32.2. The Balaban J connectivity index is 1.35. The van der Waals surface area contributed by atoms with Crippen molar-refractivity contribution >= 4 is 10.0 Å². The van der Waals surface area contributed by atoms with E-state index in [0.29, 0.717) is 18.0 Å². The third kappa shape index (κ3) is 4.81. The Morgan fingerprint density at radius 2 is 1.82 bits per heavy atom. The van der Waals surface area contributed by atoms with Gasteiger partial charge in [-0.15, -0.1) is 0 Å². The van der Waals surface area contributed by atoms with E-state index in [1.165, 1.54) is 23.1 Å². The summed E-state index contributed by atoms with van der Waals surface area (Å²) in [5.74, 6) is 0. The summed E-state index contributed by atoms with van der Waals surface area (Å²) in [7, 11) is -3.52. The standard InChI is InChI=1S/C22H28N2O3S/c25-28(26,22-11-10-19-8-4-5-9-20(19)14-22)23-15-21-17-24(12-13-27-21)16-18-6-2-1-3-7-18/h1-3,6-7,10-11,14,21,23H,4-5,8-9,12-13,15-17H2. The molecule has 28 heavy (non-hydrogen) atoms. The third-order valence-electron chi connectivity index (χ3n) is 5.60. The lowest BCUT2D eigenvalue weighted by atomic mass is 9.92. The minimum absolute atomic E-state index is 0.134. The number of fused-ring (bicyclic) bond motifs is 1. The molecule has 1 saturated heterocycles. The van der Waals surface area contributed by atoms with Crippen molar-refractivity contribution in [2.24, 2.45) is 0 Å². The maximum atomic E-state index is 12.8. The first-order chi connectivity index (χ1) is 13.6. The first-order valence-corrected chi connectivity index (χ1v) is 11.6. The fourth-order valence-corrected chi connectivity index (χ4v) is 5.17. The number of nitrogens with one attached hydrogen (secondary N) is 1. The van der Waals surface area contributed by atoms with Crippen LogP contribution in [0.3, 0.4) is 0 Å². The maximum Gasteiger partial charge on any atom is 0.240 e. The molecule has 150 valence electrons. The minimum atomic E-state index is -3.52. The summed E-state index contributed by atoms with van der Waals surface area (Å²) in [6.45, 7) is 3.37. The van der Waals surface area contributed by atoms with E-state index in [1.807, 2.05) is 30.3 Å². The van der Waals surface area contributed by atoms with Gasteiger partial charge in [0, 0.05) is 26.2 Å². The van der Waals surface area contributed by atoms with Gasteiger partial charge >= 0.3 is 0 Å². The van der Waals surface area contributed by atoms with Gasteiger partial charge in [-0.25, -0.2) is 13.1 Å². The van der Waals surface area contributed by atoms with Crippen LogP contribution in [0.2, 0.25) is 0 Å². The van der Waals surface area contributed by atoms with Crippen molar-refractivity contribution in [1.29, 1.82) is 0 Å². The summed E-state index contributed by atoms with van der Waals surface area (Å²) >= 11 is 0. The Morgan fingerprint density at radius 3 is 2.64 bits per heavy atom. The molecule has 0 spiro atoms. The molecule has 2 aromatic rings. The average Bonchev–Trinajstić information content (AvgIpc) is 2.73. The van der Waals surface area contributed by atoms with Gasteiger partial charge < -0.3 is 4.74 Å². The van der Waals surface area contributed by atoms with Gasteiger partial charge in [0.2, 0.25) is 10.0 Å². The zero-order chi connectivity index (χ0) is 19.4. The molecule has 0 radical (unpaired) electrons. The second-order valence-corrected chi connectivity index (χ2v) is 9.47. The predicted molar refractivity (Wildman–Crippen MR) is 110 cm³/mol. The number of nitrogens with zero attached hydrogens (tertiary/aromatic N) is 1. The molecule has 1 heterocycles. The van der Waals surface area contributed by atoms with Crippen molar-refractivity contribution in [2.45, 2.75) is 43.2 Å². The summed E-state index contributed by atoms with van der Waals surface area (Å²) in [4.78, 5) is 2.68. The van der Waals surface area contributed by atoms with E-state index in [9.17, 15) is 8.42 Å². The van der Waals surface area contributed by atoms with Crippen LogP contribution in [-0.4, -0.2) is 45.7 Å². The molecule has 1 fully saturated rings. The fraction of sp³-hybridized carbons (Fsp3) is 0.455. The molecule has 1 atom stereocenters. The van der Waals surface area contributed by atoms with Crippen LogP contribution in [0.15, 0.2) is 53.4 Å². The number of hydrogen-bond donors (Lipinski definition) is 1. The maximum absolute atomic E-state index is 12.8. The number of ether oxygens (including phenoxy) is 1. The first kappa shape index (κ1) is 19.6. The van der Waals surface area contributed by atoms with Gasteiger partial charge in [0.25, 0.3) is 0 Å². The summed E-state index contributed by atoms with van der Waals surface area (Å²) < 4.78 is 34.1. The second-order valence-electron chi connectivity index (χ2n) is 7.70.